The third-order valence-electron chi connectivity index (χ3n) is 8.09. The maximum Gasteiger partial charge on any atom is 0.409 e. The van der Waals surface area contributed by atoms with E-state index in [0.717, 1.165) is 68.1 Å². The lowest BCUT2D eigenvalue weighted by atomic mass is 10.0. The highest BCUT2D eigenvalue weighted by Gasteiger charge is 2.31. The normalized spacial score (nSPS) is 18.4. The molecular formula is C35H55N3O11S. The molecule has 0 aromatic heterocycles. The van der Waals surface area contributed by atoms with E-state index in [4.69, 9.17) is 24.4 Å². The minimum atomic E-state index is -4.05. The Morgan fingerprint density at radius 1 is 0.920 bits per heavy atom. The molecule has 0 aliphatic carbocycles. The first-order valence-corrected chi connectivity index (χ1v) is 18.4. The van der Waals surface area contributed by atoms with Crippen molar-refractivity contribution >= 4 is 27.9 Å². The standard InChI is InChI=1S/C22H29N3O7S.C7H14O2.C6H12O2/c1-15(2)13-25(33(31,32)18-10-8-17(9-11-18)23-21(27)28)14-20(26)19(24-22(29)30)12-16-6-4-3-5-7-16;1-8-4-2-7-3-5-9-6-7;7-3-1-6-2-4-8-5-6/h3-11,15,19-20,23-24,26H,12-14H2,1-2H3,(H,27,28)(H,29,30);7H,2-6H2,1H3;6-7H,1-5H2/t;7-;6-/m.01/s1. The second-order valence-corrected chi connectivity index (χ2v) is 14.7. The first-order valence-electron chi connectivity index (χ1n) is 16.9. The monoisotopic (exact) mass is 725 g/mol. The van der Waals surface area contributed by atoms with Crippen LogP contribution in [0.15, 0.2) is 59.5 Å². The molecule has 2 heterocycles. The molecule has 2 aromatic carbocycles. The summed E-state index contributed by atoms with van der Waals surface area (Å²) < 4.78 is 42.9. The Morgan fingerprint density at radius 3 is 2.00 bits per heavy atom. The Hall–Kier alpha value is -3.31. The number of hydrogen-bond donors (Lipinski definition) is 6. The quantitative estimate of drug-likeness (QED) is 0.145. The Balaban J connectivity index is 0.000000410. The summed E-state index contributed by atoms with van der Waals surface area (Å²) >= 11 is 0. The molecule has 6 N–H and O–H groups in total. The van der Waals surface area contributed by atoms with Gasteiger partial charge in [-0.3, -0.25) is 5.32 Å². The van der Waals surface area contributed by atoms with Gasteiger partial charge in [0.2, 0.25) is 10.0 Å². The van der Waals surface area contributed by atoms with Crippen LogP contribution in [0.3, 0.4) is 0 Å². The third-order valence-corrected chi connectivity index (χ3v) is 9.94. The molecule has 0 saturated carbocycles. The smallest absolute Gasteiger partial charge is 0.409 e. The van der Waals surface area contributed by atoms with Crippen LogP contribution in [0.4, 0.5) is 15.3 Å². The molecular weight excluding hydrogens is 670 g/mol. The van der Waals surface area contributed by atoms with Crippen molar-refractivity contribution in [2.75, 3.05) is 65.2 Å². The number of hydrogen-bond acceptors (Lipinski definition) is 9. The molecule has 50 heavy (non-hydrogen) atoms. The summed E-state index contributed by atoms with van der Waals surface area (Å²) in [6.07, 6.45) is 0.711. The van der Waals surface area contributed by atoms with Gasteiger partial charge < -0.3 is 40.0 Å². The van der Waals surface area contributed by atoms with Gasteiger partial charge in [-0.2, -0.15) is 4.31 Å². The summed E-state index contributed by atoms with van der Waals surface area (Å²) in [5, 5.41) is 41.7. The number of anilines is 1. The molecule has 0 bridgehead atoms. The van der Waals surface area contributed by atoms with Crippen molar-refractivity contribution < 1.29 is 52.6 Å². The van der Waals surface area contributed by atoms with Gasteiger partial charge in [-0.25, -0.2) is 18.0 Å². The third kappa shape index (κ3) is 16.6. The fourth-order valence-corrected chi connectivity index (χ4v) is 7.02. The predicted molar refractivity (Wildman–Crippen MR) is 189 cm³/mol. The highest BCUT2D eigenvalue weighted by molar-refractivity contribution is 7.89. The lowest BCUT2D eigenvalue weighted by molar-refractivity contribution is 0.0980. The van der Waals surface area contributed by atoms with E-state index >= 15 is 0 Å². The number of rotatable bonds is 16. The van der Waals surface area contributed by atoms with Crippen LogP contribution in [0.25, 0.3) is 0 Å². The molecule has 2 aliphatic rings. The number of carboxylic acid groups (broad SMARTS) is 2. The van der Waals surface area contributed by atoms with E-state index in [0.29, 0.717) is 12.5 Å². The van der Waals surface area contributed by atoms with E-state index in [-0.39, 0.29) is 36.0 Å². The Bertz CT molecular complexity index is 1340. The number of methoxy groups -OCH3 is 1. The van der Waals surface area contributed by atoms with E-state index in [1.165, 1.54) is 30.7 Å². The van der Waals surface area contributed by atoms with Crippen molar-refractivity contribution in [1.82, 2.24) is 9.62 Å². The maximum atomic E-state index is 13.3. The number of nitrogens with one attached hydrogen (secondary N) is 2. The molecule has 2 aliphatic heterocycles. The van der Waals surface area contributed by atoms with Crippen LogP contribution < -0.4 is 10.6 Å². The zero-order valence-corrected chi connectivity index (χ0v) is 30.1. The Labute approximate surface area is 295 Å². The SMILES string of the molecule is CC(C)CN(CC(O)C(Cc1ccccc1)NC(=O)O)S(=O)(=O)c1ccc(NC(=O)O)cc1.COCC[C@H]1CCOC1.OCC[C@@H]1CCOC1. The number of sulfonamides is 1. The molecule has 4 rings (SSSR count). The van der Waals surface area contributed by atoms with Gasteiger partial charge in [0.25, 0.3) is 0 Å². The molecule has 282 valence electrons. The van der Waals surface area contributed by atoms with Crippen LogP contribution in [-0.4, -0.2) is 117 Å². The fourth-order valence-electron chi connectivity index (χ4n) is 5.40. The van der Waals surface area contributed by atoms with E-state index in [1.54, 1.807) is 31.4 Å². The average molecular weight is 726 g/mol. The molecule has 2 fully saturated rings. The molecule has 0 radical (unpaired) electrons. The van der Waals surface area contributed by atoms with Gasteiger partial charge >= 0.3 is 12.2 Å². The van der Waals surface area contributed by atoms with Gasteiger partial charge in [0.15, 0.2) is 0 Å². The minimum Gasteiger partial charge on any atom is -0.465 e. The first kappa shape index (κ1) is 42.9. The van der Waals surface area contributed by atoms with Crippen LogP contribution in [0.5, 0.6) is 0 Å². The number of nitrogens with zero attached hydrogens (tertiary/aromatic N) is 1. The molecule has 2 aromatic rings. The van der Waals surface area contributed by atoms with Crippen LogP contribution in [-0.2, 0) is 30.7 Å². The summed E-state index contributed by atoms with van der Waals surface area (Å²) in [7, 11) is -2.30. The molecule has 4 atom stereocenters. The largest absolute Gasteiger partial charge is 0.465 e. The molecule has 2 unspecified atom stereocenters. The van der Waals surface area contributed by atoms with Crippen LogP contribution in [0.2, 0.25) is 0 Å². The van der Waals surface area contributed by atoms with Crippen molar-refractivity contribution in [3.63, 3.8) is 0 Å². The Morgan fingerprint density at radius 2 is 1.52 bits per heavy atom. The summed E-state index contributed by atoms with van der Waals surface area (Å²) in [4.78, 5) is 22.0. The number of carbonyl (C=O) groups is 2. The van der Waals surface area contributed by atoms with Gasteiger partial charge in [-0.15, -0.1) is 0 Å². The summed E-state index contributed by atoms with van der Waals surface area (Å²) in [5.41, 5.74) is 1.00. The molecule has 2 amide bonds. The number of aliphatic hydroxyl groups excluding tert-OH is 2. The molecule has 2 saturated heterocycles. The molecule has 0 spiro atoms. The average Bonchev–Trinajstić information content (AvgIpc) is 3.79. The zero-order chi connectivity index (χ0) is 36.9. The maximum absolute atomic E-state index is 13.3. The van der Waals surface area contributed by atoms with E-state index < -0.39 is 34.4 Å². The van der Waals surface area contributed by atoms with Crippen LogP contribution in [0.1, 0.15) is 45.1 Å². The van der Waals surface area contributed by atoms with Crippen molar-refractivity contribution in [1.29, 1.82) is 0 Å². The predicted octanol–water partition coefficient (Wildman–Crippen LogP) is 4.13. The second-order valence-electron chi connectivity index (χ2n) is 12.7. The van der Waals surface area contributed by atoms with Gasteiger partial charge in [0.1, 0.15) is 0 Å². The zero-order valence-electron chi connectivity index (χ0n) is 29.3. The lowest BCUT2D eigenvalue weighted by Crippen LogP contribution is -2.50. The van der Waals surface area contributed by atoms with Gasteiger partial charge in [0.05, 0.1) is 17.0 Å². The molecule has 15 heteroatoms. The number of benzene rings is 2. The van der Waals surface area contributed by atoms with Crippen molar-refractivity contribution in [3.05, 3.63) is 60.2 Å². The number of aliphatic hydroxyl groups is 2. The second kappa shape index (κ2) is 23.2. The van der Waals surface area contributed by atoms with Crippen molar-refractivity contribution in [3.8, 4) is 0 Å². The van der Waals surface area contributed by atoms with Gasteiger partial charge in [-0.1, -0.05) is 44.2 Å². The summed E-state index contributed by atoms with van der Waals surface area (Å²) in [6.45, 7) is 8.27. The van der Waals surface area contributed by atoms with E-state index in [2.05, 4.69) is 10.6 Å². The molecule has 14 nitrogen and oxygen atoms in total. The Kier molecular flexibility index (Phi) is 19.9. The highest BCUT2D eigenvalue weighted by atomic mass is 32.2. The summed E-state index contributed by atoms with van der Waals surface area (Å²) in [5.74, 6) is 1.34. The number of ether oxygens (including phenoxy) is 3. The fraction of sp³-hybridized carbons (Fsp3) is 0.600. The topological polar surface area (TPSA) is 204 Å². The number of amides is 2. The van der Waals surface area contributed by atoms with Crippen molar-refractivity contribution in [2.24, 2.45) is 17.8 Å². The highest BCUT2D eigenvalue weighted by Crippen LogP contribution is 2.21. The first-order chi connectivity index (χ1) is 23.8. The van der Waals surface area contributed by atoms with Gasteiger partial charge in [-0.05, 0) is 79.7 Å². The van der Waals surface area contributed by atoms with E-state index in [9.17, 15) is 28.2 Å². The lowest BCUT2D eigenvalue weighted by Gasteiger charge is -2.30. The van der Waals surface area contributed by atoms with E-state index in [1.807, 2.05) is 19.9 Å². The minimum absolute atomic E-state index is 0.0695. The van der Waals surface area contributed by atoms with Crippen LogP contribution >= 0.6 is 0 Å². The van der Waals surface area contributed by atoms with Crippen molar-refractivity contribution in [2.45, 2.75) is 63.0 Å². The summed E-state index contributed by atoms with van der Waals surface area (Å²) in [6, 6.07) is 13.2. The van der Waals surface area contributed by atoms with Gasteiger partial charge in [0, 0.05) is 65.5 Å². The van der Waals surface area contributed by atoms with Crippen LogP contribution in [0, 0.1) is 17.8 Å².